The largest absolute Gasteiger partial charge is 0.396 e. The number of nitrogens with zero attached hydrogens (tertiary/aromatic N) is 2. The number of piperidine rings is 1. The number of aromatic nitrogens is 1. The fourth-order valence-electron chi connectivity index (χ4n) is 2.53. The van der Waals surface area contributed by atoms with E-state index in [2.05, 4.69) is 26.3 Å². The summed E-state index contributed by atoms with van der Waals surface area (Å²) in [6.45, 7) is 0.965. The van der Waals surface area contributed by atoms with Crippen LogP contribution in [0.25, 0.3) is 0 Å². The average molecular weight is 379 g/mol. The predicted octanol–water partition coefficient (Wildman–Crippen LogP) is 0.913. The summed E-state index contributed by atoms with van der Waals surface area (Å²) >= 11 is 3.23. The lowest BCUT2D eigenvalue weighted by atomic mass is 9.97. The first-order chi connectivity index (χ1) is 9.98. The summed E-state index contributed by atoms with van der Waals surface area (Å²) in [5.74, 6) is 5.67. The first kappa shape index (κ1) is 16.6. The zero-order valence-electron chi connectivity index (χ0n) is 11.5. The number of hydrazine groups is 1. The van der Waals surface area contributed by atoms with Gasteiger partial charge in [0.15, 0.2) is 5.82 Å². The second-order valence-corrected chi connectivity index (χ2v) is 7.85. The van der Waals surface area contributed by atoms with E-state index in [1.54, 1.807) is 0 Å². The summed E-state index contributed by atoms with van der Waals surface area (Å²) < 4.78 is 27.6. The van der Waals surface area contributed by atoms with Crippen molar-refractivity contribution in [3.05, 3.63) is 16.7 Å². The second-order valence-electron chi connectivity index (χ2n) is 5.03. The molecule has 1 saturated heterocycles. The zero-order valence-corrected chi connectivity index (χ0v) is 13.9. The van der Waals surface area contributed by atoms with Crippen LogP contribution >= 0.6 is 15.9 Å². The van der Waals surface area contributed by atoms with Crippen molar-refractivity contribution in [3.63, 3.8) is 0 Å². The highest BCUT2D eigenvalue weighted by Gasteiger charge is 2.32. The van der Waals surface area contributed by atoms with Crippen LogP contribution in [-0.2, 0) is 10.0 Å². The first-order valence-electron chi connectivity index (χ1n) is 6.72. The van der Waals surface area contributed by atoms with Crippen LogP contribution in [0.15, 0.2) is 21.6 Å². The van der Waals surface area contributed by atoms with Crippen molar-refractivity contribution in [1.82, 2.24) is 9.29 Å². The lowest BCUT2D eigenvalue weighted by molar-refractivity contribution is 0.203. The third-order valence-electron chi connectivity index (χ3n) is 3.59. The zero-order chi connectivity index (χ0) is 15.5. The molecule has 1 fully saturated rings. The number of aliphatic hydroxyl groups excluding tert-OH is 1. The normalized spacial score (nSPS) is 20.4. The molecule has 0 spiro atoms. The summed E-state index contributed by atoms with van der Waals surface area (Å²) in [5.41, 5.74) is 2.33. The molecule has 1 aliphatic heterocycles. The number of hydrogen-bond donors (Lipinski definition) is 3. The van der Waals surface area contributed by atoms with Crippen molar-refractivity contribution in [1.29, 1.82) is 0 Å². The molecule has 2 rings (SSSR count). The number of aliphatic hydroxyl groups is 1. The highest BCUT2D eigenvalue weighted by molar-refractivity contribution is 9.10. The van der Waals surface area contributed by atoms with Crippen molar-refractivity contribution in [2.45, 2.75) is 24.2 Å². The van der Waals surface area contributed by atoms with E-state index in [-0.39, 0.29) is 23.2 Å². The minimum Gasteiger partial charge on any atom is -0.396 e. The van der Waals surface area contributed by atoms with E-state index >= 15 is 0 Å². The van der Waals surface area contributed by atoms with Gasteiger partial charge in [0.25, 0.3) is 0 Å². The van der Waals surface area contributed by atoms with Crippen LogP contribution in [-0.4, -0.2) is 42.5 Å². The number of sulfonamides is 1. The smallest absolute Gasteiger partial charge is 0.246 e. The minimum absolute atomic E-state index is 0.0593. The van der Waals surface area contributed by atoms with Crippen LogP contribution in [0.2, 0.25) is 0 Å². The third-order valence-corrected chi connectivity index (χ3v) is 5.91. The Labute approximate surface area is 132 Å². The van der Waals surface area contributed by atoms with Gasteiger partial charge in [0.1, 0.15) is 4.90 Å². The number of nitrogens with one attached hydrogen (secondary N) is 1. The average Bonchev–Trinajstić information content (AvgIpc) is 2.48. The van der Waals surface area contributed by atoms with E-state index in [0.29, 0.717) is 24.0 Å². The van der Waals surface area contributed by atoms with Crippen molar-refractivity contribution < 1.29 is 13.5 Å². The van der Waals surface area contributed by atoms with Gasteiger partial charge < -0.3 is 10.5 Å². The first-order valence-corrected chi connectivity index (χ1v) is 8.95. The number of anilines is 1. The fraction of sp³-hybridized carbons (Fsp3) is 0.583. The van der Waals surface area contributed by atoms with E-state index in [9.17, 15) is 8.42 Å². The van der Waals surface area contributed by atoms with Crippen LogP contribution in [0.1, 0.15) is 19.3 Å². The van der Waals surface area contributed by atoms with Gasteiger partial charge in [-0.1, -0.05) is 0 Å². The van der Waals surface area contributed by atoms with Gasteiger partial charge in [-0.3, -0.25) is 0 Å². The number of nitrogens with two attached hydrogens (primary N) is 1. The maximum absolute atomic E-state index is 12.8. The number of nitrogen functional groups attached to an aromatic ring is 1. The Kier molecular flexibility index (Phi) is 5.55. The molecule has 1 aromatic heterocycles. The molecule has 0 aromatic carbocycles. The summed E-state index contributed by atoms with van der Waals surface area (Å²) in [4.78, 5) is 4.04. The molecule has 2 heterocycles. The minimum atomic E-state index is -3.66. The van der Waals surface area contributed by atoms with Crippen LogP contribution in [0, 0.1) is 5.92 Å². The van der Waals surface area contributed by atoms with Crippen molar-refractivity contribution >= 4 is 31.8 Å². The molecule has 1 aromatic rings. The molecule has 9 heteroatoms. The summed E-state index contributed by atoms with van der Waals surface area (Å²) in [6, 6.07) is 1.49. The molecule has 0 radical (unpaired) electrons. The Balaban J connectivity index is 2.31. The van der Waals surface area contributed by atoms with Crippen molar-refractivity contribution in [2.24, 2.45) is 11.8 Å². The molecule has 1 unspecified atom stereocenters. The van der Waals surface area contributed by atoms with Crippen LogP contribution in [0.4, 0.5) is 5.82 Å². The number of rotatable bonds is 5. The standard InChI is InChI=1S/C12H19BrN4O3S/c13-10-6-11(12(16-14)15-7-10)21(19,20)17-4-1-2-9(8-17)3-5-18/h6-7,9,18H,1-5,8,14H2,(H,15,16). The molecule has 0 bridgehead atoms. The summed E-state index contributed by atoms with van der Waals surface area (Å²) in [7, 11) is -3.66. The topological polar surface area (TPSA) is 109 Å². The molecule has 0 amide bonds. The van der Waals surface area contributed by atoms with Gasteiger partial charge in [-0.2, -0.15) is 4.31 Å². The Morgan fingerprint density at radius 2 is 2.33 bits per heavy atom. The quantitative estimate of drug-likeness (QED) is 0.519. The predicted molar refractivity (Wildman–Crippen MR) is 82.9 cm³/mol. The molecule has 1 atom stereocenters. The Hall–Kier alpha value is -0.740. The van der Waals surface area contributed by atoms with Gasteiger partial charge in [0.05, 0.1) is 0 Å². The Morgan fingerprint density at radius 1 is 1.57 bits per heavy atom. The van der Waals surface area contributed by atoms with Crippen LogP contribution in [0.3, 0.4) is 0 Å². The molecule has 4 N–H and O–H groups in total. The van der Waals surface area contributed by atoms with Gasteiger partial charge in [-0.15, -0.1) is 0 Å². The molecule has 0 saturated carbocycles. The SMILES string of the molecule is NNc1ncc(Br)cc1S(=O)(=O)N1CCCC(CCO)C1. The molecular formula is C12H19BrN4O3S. The molecule has 118 valence electrons. The number of pyridine rings is 1. The number of hydrogen-bond acceptors (Lipinski definition) is 6. The lowest BCUT2D eigenvalue weighted by Gasteiger charge is -2.32. The highest BCUT2D eigenvalue weighted by atomic mass is 79.9. The van der Waals surface area contributed by atoms with E-state index in [1.165, 1.54) is 16.6 Å². The second kappa shape index (κ2) is 7.01. The van der Waals surface area contributed by atoms with Gasteiger partial charge in [-0.05, 0) is 47.2 Å². The van der Waals surface area contributed by atoms with Gasteiger partial charge in [0.2, 0.25) is 10.0 Å². The summed E-state index contributed by atoms with van der Waals surface area (Å²) in [6.07, 6.45) is 3.83. The molecule has 21 heavy (non-hydrogen) atoms. The Bertz CT molecular complexity index is 594. The third kappa shape index (κ3) is 3.72. The maximum Gasteiger partial charge on any atom is 0.246 e. The fourth-order valence-corrected chi connectivity index (χ4v) is 4.70. The maximum atomic E-state index is 12.8. The van der Waals surface area contributed by atoms with Crippen molar-refractivity contribution in [3.8, 4) is 0 Å². The van der Waals surface area contributed by atoms with E-state index < -0.39 is 10.0 Å². The molecule has 7 nitrogen and oxygen atoms in total. The van der Waals surface area contributed by atoms with Gasteiger partial charge in [0, 0.05) is 30.4 Å². The van der Waals surface area contributed by atoms with E-state index in [4.69, 9.17) is 10.9 Å². The monoisotopic (exact) mass is 378 g/mol. The van der Waals surface area contributed by atoms with Gasteiger partial charge in [-0.25, -0.2) is 19.2 Å². The van der Waals surface area contributed by atoms with E-state index in [1.807, 2.05) is 0 Å². The van der Waals surface area contributed by atoms with Crippen LogP contribution in [0.5, 0.6) is 0 Å². The van der Waals surface area contributed by atoms with Gasteiger partial charge >= 0.3 is 0 Å². The van der Waals surface area contributed by atoms with Crippen LogP contribution < -0.4 is 11.3 Å². The molecule has 0 aliphatic carbocycles. The van der Waals surface area contributed by atoms with E-state index in [0.717, 1.165) is 12.8 Å². The molecular weight excluding hydrogens is 360 g/mol. The number of halogens is 1. The van der Waals surface area contributed by atoms with Crippen molar-refractivity contribution in [2.75, 3.05) is 25.1 Å². The lowest BCUT2D eigenvalue weighted by Crippen LogP contribution is -2.40. The summed E-state index contributed by atoms with van der Waals surface area (Å²) in [5, 5.41) is 9.03. The molecule has 1 aliphatic rings. The Morgan fingerprint density at radius 3 is 3.00 bits per heavy atom. The highest BCUT2D eigenvalue weighted by Crippen LogP contribution is 2.29.